The van der Waals surface area contributed by atoms with E-state index in [9.17, 15) is 0 Å². The zero-order chi connectivity index (χ0) is 18.5. The van der Waals surface area contributed by atoms with Gasteiger partial charge in [-0.2, -0.15) is 0 Å². The van der Waals surface area contributed by atoms with E-state index >= 15 is 0 Å². The minimum absolute atomic E-state index is 0.866. The van der Waals surface area contributed by atoms with Gasteiger partial charge in [-0.1, -0.05) is 59.9 Å². The lowest BCUT2D eigenvalue weighted by molar-refractivity contribution is 0.454. The molecular formula is C24H14NOS2. The maximum absolute atomic E-state index is 6.06. The third-order valence-corrected chi connectivity index (χ3v) is 7.04. The fourth-order valence-corrected chi connectivity index (χ4v) is 5.47. The maximum atomic E-state index is 6.06. The van der Waals surface area contributed by atoms with E-state index in [-0.39, 0.29) is 0 Å². The van der Waals surface area contributed by atoms with E-state index in [1.165, 1.54) is 9.79 Å². The van der Waals surface area contributed by atoms with Crippen LogP contribution in [0.25, 0.3) is 11.1 Å². The van der Waals surface area contributed by atoms with Gasteiger partial charge >= 0.3 is 0 Å². The summed E-state index contributed by atoms with van der Waals surface area (Å²) in [5.41, 5.74) is 4.52. The molecule has 0 aromatic heterocycles. The molecule has 4 aromatic rings. The number of fused-ring (bicyclic) bond motifs is 4. The van der Waals surface area contributed by atoms with Crippen molar-refractivity contribution < 1.29 is 4.74 Å². The SMILES string of the molecule is [c]1c(-c2cccc3c2Nc2ccccc2S3)ccc2c1Sc1ccccc1O2. The Morgan fingerprint density at radius 3 is 2.46 bits per heavy atom. The molecular weight excluding hydrogens is 382 g/mol. The molecule has 1 N–H and O–H groups in total. The molecule has 0 bridgehead atoms. The molecule has 6 rings (SSSR count). The van der Waals surface area contributed by atoms with Gasteiger partial charge in [-0.15, -0.1) is 0 Å². The molecule has 0 amide bonds. The Hall–Kier alpha value is -2.82. The normalized spacial score (nSPS) is 13.3. The molecule has 4 aromatic carbocycles. The first-order chi connectivity index (χ1) is 13.8. The van der Waals surface area contributed by atoms with Gasteiger partial charge in [0.25, 0.3) is 0 Å². The summed E-state index contributed by atoms with van der Waals surface area (Å²) in [5, 5.41) is 3.62. The number of rotatable bonds is 1. The number of ether oxygens (including phenoxy) is 1. The first-order valence-corrected chi connectivity index (χ1v) is 10.7. The largest absolute Gasteiger partial charge is 0.455 e. The second-order valence-corrected chi connectivity index (χ2v) is 8.75. The van der Waals surface area contributed by atoms with Crippen LogP contribution in [0.5, 0.6) is 11.5 Å². The number of hydrogen-bond acceptors (Lipinski definition) is 4. The fourth-order valence-electron chi connectivity index (χ4n) is 3.50. The van der Waals surface area contributed by atoms with E-state index in [0.717, 1.165) is 43.8 Å². The van der Waals surface area contributed by atoms with Crippen LogP contribution in [-0.2, 0) is 0 Å². The number of anilines is 2. The van der Waals surface area contributed by atoms with Gasteiger partial charge in [-0.25, -0.2) is 0 Å². The average Bonchev–Trinajstić information content (AvgIpc) is 2.75. The highest BCUT2D eigenvalue weighted by Gasteiger charge is 2.22. The van der Waals surface area contributed by atoms with Gasteiger partial charge in [-0.3, -0.25) is 0 Å². The highest BCUT2D eigenvalue weighted by Crippen LogP contribution is 2.50. The molecule has 28 heavy (non-hydrogen) atoms. The van der Waals surface area contributed by atoms with Gasteiger partial charge in [0.2, 0.25) is 0 Å². The van der Waals surface area contributed by atoms with Crippen LogP contribution in [0.15, 0.2) is 98.4 Å². The number of nitrogens with one attached hydrogen (secondary N) is 1. The Morgan fingerprint density at radius 1 is 0.679 bits per heavy atom. The van der Waals surface area contributed by atoms with E-state index in [4.69, 9.17) is 4.74 Å². The van der Waals surface area contributed by atoms with Crippen molar-refractivity contribution in [1.82, 2.24) is 0 Å². The quantitative estimate of drug-likeness (QED) is 0.308. The molecule has 1 radical (unpaired) electrons. The van der Waals surface area contributed by atoms with Crippen LogP contribution in [0, 0.1) is 6.07 Å². The molecule has 0 atom stereocenters. The zero-order valence-electron chi connectivity index (χ0n) is 14.7. The molecule has 0 fully saturated rings. The van der Waals surface area contributed by atoms with E-state index < -0.39 is 0 Å². The highest BCUT2D eigenvalue weighted by atomic mass is 32.2. The standard InChI is InChI=1S/C24H14NOS2/c1-3-9-20-17(7-1)25-24-16(6-5-11-22(24)27-20)15-12-13-19-23(14-15)28-21-10-4-2-8-18(21)26-19/h1-13,25H. The van der Waals surface area contributed by atoms with Crippen molar-refractivity contribution in [2.45, 2.75) is 19.6 Å². The Labute approximate surface area is 172 Å². The monoisotopic (exact) mass is 396 g/mol. The van der Waals surface area contributed by atoms with Gasteiger partial charge in [0, 0.05) is 21.4 Å². The second kappa shape index (κ2) is 6.36. The van der Waals surface area contributed by atoms with Crippen LogP contribution < -0.4 is 10.1 Å². The smallest absolute Gasteiger partial charge is 0.142 e. The topological polar surface area (TPSA) is 21.3 Å². The molecule has 2 nitrogen and oxygen atoms in total. The fraction of sp³-hybridized carbons (Fsp3) is 0. The van der Waals surface area contributed by atoms with E-state index in [1.54, 1.807) is 23.5 Å². The predicted octanol–water partition coefficient (Wildman–Crippen LogP) is 7.62. The van der Waals surface area contributed by atoms with Gasteiger partial charge in [0.05, 0.1) is 21.2 Å². The van der Waals surface area contributed by atoms with Crippen molar-refractivity contribution in [3.05, 3.63) is 84.9 Å². The third-order valence-electron chi connectivity index (χ3n) is 4.84. The minimum Gasteiger partial charge on any atom is -0.455 e. The first kappa shape index (κ1) is 16.2. The van der Waals surface area contributed by atoms with Gasteiger partial charge in [0.1, 0.15) is 11.5 Å². The Kier molecular flexibility index (Phi) is 3.67. The molecule has 0 saturated carbocycles. The van der Waals surface area contributed by atoms with Crippen LogP contribution in [0.1, 0.15) is 0 Å². The minimum atomic E-state index is 0.866. The molecule has 0 unspecified atom stereocenters. The molecule has 133 valence electrons. The van der Waals surface area contributed by atoms with Crippen molar-refractivity contribution in [1.29, 1.82) is 0 Å². The summed E-state index contributed by atoms with van der Waals surface area (Å²) < 4.78 is 6.06. The molecule has 0 spiro atoms. The highest BCUT2D eigenvalue weighted by molar-refractivity contribution is 8.00. The molecule has 0 aliphatic carbocycles. The summed E-state index contributed by atoms with van der Waals surface area (Å²) in [6, 6.07) is 30.7. The number of hydrogen-bond donors (Lipinski definition) is 1. The third kappa shape index (κ3) is 2.60. The van der Waals surface area contributed by atoms with Crippen LogP contribution in [-0.4, -0.2) is 0 Å². The van der Waals surface area contributed by atoms with Crippen molar-refractivity contribution in [2.75, 3.05) is 5.32 Å². The average molecular weight is 397 g/mol. The van der Waals surface area contributed by atoms with Crippen LogP contribution >= 0.6 is 23.5 Å². The van der Waals surface area contributed by atoms with Crippen molar-refractivity contribution in [3.8, 4) is 22.6 Å². The van der Waals surface area contributed by atoms with Crippen LogP contribution in [0.4, 0.5) is 11.4 Å². The first-order valence-electron chi connectivity index (χ1n) is 9.03. The Balaban J connectivity index is 1.43. The van der Waals surface area contributed by atoms with Gasteiger partial charge in [-0.05, 0) is 48.0 Å². The van der Waals surface area contributed by atoms with Crippen molar-refractivity contribution in [2.24, 2.45) is 0 Å². The molecule has 2 heterocycles. The second-order valence-electron chi connectivity index (χ2n) is 6.62. The summed E-state index contributed by atoms with van der Waals surface area (Å²) in [6.45, 7) is 0. The molecule has 2 aliphatic heterocycles. The summed E-state index contributed by atoms with van der Waals surface area (Å²) >= 11 is 3.52. The van der Waals surface area contributed by atoms with Crippen molar-refractivity contribution >= 4 is 34.9 Å². The van der Waals surface area contributed by atoms with Crippen molar-refractivity contribution in [3.63, 3.8) is 0 Å². The van der Waals surface area contributed by atoms with Crippen LogP contribution in [0.3, 0.4) is 0 Å². The predicted molar refractivity (Wildman–Crippen MR) is 115 cm³/mol. The maximum Gasteiger partial charge on any atom is 0.142 e. The lowest BCUT2D eigenvalue weighted by Gasteiger charge is -2.24. The van der Waals surface area contributed by atoms with E-state index in [2.05, 4.69) is 66.0 Å². The van der Waals surface area contributed by atoms with E-state index in [0.29, 0.717) is 0 Å². The van der Waals surface area contributed by atoms with Gasteiger partial charge < -0.3 is 10.1 Å². The molecule has 4 heteroatoms. The van der Waals surface area contributed by atoms with Gasteiger partial charge in [0.15, 0.2) is 0 Å². The summed E-state index contributed by atoms with van der Waals surface area (Å²) in [6.07, 6.45) is 0. The molecule has 2 aliphatic rings. The lowest BCUT2D eigenvalue weighted by atomic mass is 10.0. The number of benzene rings is 4. The summed E-state index contributed by atoms with van der Waals surface area (Å²) in [7, 11) is 0. The summed E-state index contributed by atoms with van der Waals surface area (Å²) in [4.78, 5) is 4.64. The Morgan fingerprint density at radius 2 is 1.50 bits per heavy atom. The summed E-state index contributed by atoms with van der Waals surface area (Å²) in [5.74, 6) is 1.78. The molecule has 0 saturated heterocycles. The number of para-hydroxylation sites is 3. The lowest BCUT2D eigenvalue weighted by Crippen LogP contribution is -2.02. The van der Waals surface area contributed by atoms with Crippen LogP contribution in [0.2, 0.25) is 0 Å². The Bertz CT molecular complexity index is 1230. The zero-order valence-corrected chi connectivity index (χ0v) is 16.4. The van der Waals surface area contributed by atoms with E-state index in [1.807, 2.05) is 24.3 Å².